The maximum atomic E-state index is 5.12. The van der Waals surface area contributed by atoms with Crippen LogP contribution in [0.1, 0.15) is 25.0 Å². The van der Waals surface area contributed by atoms with Crippen LogP contribution in [-0.4, -0.2) is 60.6 Å². The highest BCUT2D eigenvalue weighted by Crippen LogP contribution is 2.12. The summed E-state index contributed by atoms with van der Waals surface area (Å²) in [5.74, 6) is 2.49. The average Bonchev–Trinajstić information content (AvgIpc) is 3.04. The van der Waals surface area contributed by atoms with Crippen molar-refractivity contribution in [3.63, 3.8) is 0 Å². The van der Waals surface area contributed by atoms with Gasteiger partial charge >= 0.3 is 0 Å². The lowest BCUT2D eigenvalue weighted by molar-refractivity contribution is 0.203. The zero-order chi connectivity index (χ0) is 20.2. The van der Waals surface area contributed by atoms with Crippen LogP contribution in [0.15, 0.2) is 35.3 Å². The Bertz CT molecular complexity index is 715. The summed E-state index contributed by atoms with van der Waals surface area (Å²) in [5, 5.41) is 14.9. The Hall–Kier alpha value is -2.61. The van der Waals surface area contributed by atoms with Crippen molar-refractivity contribution >= 4 is 11.6 Å². The monoisotopic (exact) mass is 387 g/mol. The van der Waals surface area contributed by atoms with Gasteiger partial charge in [0.1, 0.15) is 12.4 Å². The molecule has 2 N–H and O–H groups in total. The number of ether oxygens (including phenoxy) is 1. The highest BCUT2D eigenvalue weighted by atomic mass is 16.5. The van der Waals surface area contributed by atoms with Crippen LogP contribution in [0.4, 0.5) is 5.69 Å². The summed E-state index contributed by atoms with van der Waals surface area (Å²) in [6.07, 6.45) is 1.01. The fourth-order valence-electron chi connectivity index (χ4n) is 2.77. The normalized spacial score (nSPS) is 11.5. The first-order valence-electron chi connectivity index (χ1n) is 9.81. The minimum Gasteiger partial charge on any atom is -0.383 e. The van der Waals surface area contributed by atoms with Crippen LogP contribution in [0, 0.1) is 6.92 Å². The molecule has 0 saturated heterocycles. The van der Waals surface area contributed by atoms with Gasteiger partial charge in [0.15, 0.2) is 11.8 Å². The molecule has 0 bridgehead atoms. The predicted molar refractivity (Wildman–Crippen MR) is 114 cm³/mol. The lowest BCUT2D eigenvalue weighted by Gasteiger charge is -2.23. The van der Waals surface area contributed by atoms with E-state index in [1.807, 2.05) is 24.6 Å². The highest BCUT2D eigenvalue weighted by Gasteiger charge is 2.06. The molecule has 154 valence electrons. The first-order valence-corrected chi connectivity index (χ1v) is 9.81. The highest BCUT2D eigenvalue weighted by molar-refractivity contribution is 5.79. The summed E-state index contributed by atoms with van der Waals surface area (Å²) in [6.45, 7) is 8.73. The van der Waals surface area contributed by atoms with Gasteiger partial charge in [-0.05, 0) is 32.4 Å². The van der Waals surface area contributed by atoms with Crippen molar-refractivity contribution in [2.45, 2.75) is 26.8 Å². The minimum atomic E-state index is 0.477. The van der Waals surface area contributed by atoms with Gasteiger partial charge in [-0.3, -0.25) is 0 Å². The van der Waals surface area contributed by atoms with Gasteiger partial charge in [0.25, 0.3) is 0 Å². The molecule has 1 aromatic carbocycles. The molecule has 2 rings (SSSR count). The lowest BCUT2D eigenvalue weighted by atomic mass is 10.2. The molecule has 0 radical (unpaired) electrons. The fourth-order valence-corrected chi connectivity index (χ4v) is 2.77. The molecule has 0 atom stereocenters. The summed E-state index contributed by atoms with van der Waals surface area (Å²) in [4.78, 5) is 7.01. The molecule has 0 fully saturated rings. The SMILES string of the molecule is CCN(CCCNC(=NCc1nnc(C)n1C)NCCOC)c1ccccc1. The van der Waals surface area contributed by atoms with E-state index in [2.05, 4.69) is 61.9 Å². The van der Waals surface area contributed by atoms with E-state index in [0.29, 0.717) is 19.7 Å². The van der Waals surface area contributed by atoms with Crippen LogP contribution in [0.25, 0.3) is 0 Å². The second-order valence-electron chi connectivity index (χ2n) is 6.50. The zero-order valence-electron chi connectivity index (χ0n) is 17.5. The molecule has 1 aromatic heterocycles. The average molecular weight is 388 g/mol. The Morgan fingerprint density at radius 1 is 1.18 bits per heavy atom. The molecule has 0 saturated carbocycles. The first-order chi connectivity index (χ1) is 13.7. The van der Waals surface area contributed by atoms with E-state index in [-0.39, 0.29) is 0 Å². The number of benzene rings is 1. The van der Waals surface area contributed by atoms with Crippen LogP contribution in [-0.2, 0) is 18.3 Å². The first kappa shape index (κ1) is 21.7. The Morgan fingerprint density at radius 2 is 1.93 bits per heavy atom. The fraction of sp³-hybridized carbons (Fsp3) is 0.550. The van der Waals surface area contributed by atoms with E-state index in [1.165, 1.54) is 5.69 Å². The third kappa shape index (κ3) is 6.84. The number of rotatable bonds is 11. The predicted octanol–water partition coefficient (Wildman–Crippen LogP) is 1.72. The van der Waals surface area contributed by atoms with Crippen molar-refractivity contribution in [3.05, 3.63) is 42.0 Å². The summed E-state index contributed by atoms with van der Waals surface area (Å²) >= 11 is 0. The molecular formula is C20H33N7O. The lowest BCUT2D eigenvalue weighted by Crippen LogP contribution is -2.40. The molecule has 0 aliphatic rings. The van der Waals surface area contributed by atoms with Crippen molar-refractivity contribution in [2.24, 2.45) is 12.0 Å². The van der Waals surface area contributed by atoms with Gasteiger partial charge < -0.3 is 24.8 Å². The summed E-state index contributed by atoms with van der Waals surface area (Å²) in [7, 11) is 3.64. The van der Waals surface area contributed by atoms with E-state index in [9.17, 15) is 0 Å². The number of nitrogens with zero attached hydrogens (tertiary/aromatic N) is 5. The van der Waals surface area contributed by atoms with Crippen LogP contribution in [0.3, 0.4) is 0 Å². The number of guanidine groups is 1. The second-order valence-corrected chi connectivity index (χ2v) is 6.50. The zero-order valence-corrected chi connectivity index (χ0v) is 17.5. The Balaban J connectivity index is 1.85. The Kier molecular flexibility index (Phi) is 9.27. The maximum Gasteiger partial charge on any atom is 0.191 e. The van der Waals surface area contributed by atoms with Crippen molar-refractivity contribution in [1.29, 1.82) is 0 Å². The standard InChI is InChI=1S/C20H33N7O/c1-5-27(18-10-7-6-8-11-18)14-9-12-21-20(22-13-15-28-4)23-16-19-25-24-17(2)26(19)3/h6-8,10-11H,5,9,12-16H2,1-4H3,(H2,21,22,23). The number of para-hydroxylation sites is 1. The second kappa shape index (κ2) is 12.0. The number of aromatic nitrogens is 3. The Labute approximate surface area is 168 Å². The number of aryl methyl sites for hydroxylation is 1. The quantitative estimate of drug-likeness (QED) is 0.347. The molecule has 2 aromatic rings. The van der Waals surface area contributed by atoms with Crippen LogP contribution in [0.2, 0.25) is 0 Å². The number of aliphatic imine (C=N–C) groups is 1. The Morgan fingerprint density at radius 3 is 2.57 bits per heavy atom. The van der Waals surface area contributed by atoms with E-state index in [1.54, 1.807) is 7.11 Å². The van der Waals surface area contributed by atoms with E-state index >= 15 is 0 Å². The van der Waals surface area contributed by atoms with E-state index in [4.69, 9.17) is 4.74 Å². The molecule has 28 heavy (non-hydrogen) atoms. The number of anilines is 1. The summed E-state index contributed by atoms with van der Waals surface area (Å²) in [5.41, 5.74) is 1.26. The van der Waals surface area contributed by atoms with Crippen molar-refractivity contribution in [1.82, 2.24) is 25.4 Å². The molecule has 1 heterocycles. The van der Waals surface area contributed by atoms with Crippen molar-refractivity contribution in [3.8, 4) is 0 Å². The smallest absolute Gasteiger partial charge is 0.191 e. The van der Waals surface area contributed by atoms with Gasteiger partial charge in [-0.2, -0.15) is 0 Å². The molecule has 0 amide bonds. The van der Waals surface area contributed by atoms with E-state index in [0.717, 1.165) is 43.7 Å². The molecule has 0 aliphatic carbocycles. The van der Waals surface area contributed by atoms with Crippen LogP contribution >= 0.6 is 0 Å². The maximum absolute atomic E-state index is 5.12. The number of nitrogens with one attached hydrogen (secondary N) is 2. The number of methoxy groups -OCH3 is 1. The topological polar surface area (TPSA) is 79.6 Å². The van der Waals surface area contributed by atoms with Gasteiger partial charge in [0, 0.05) is 46.0 Å². The van der Waals surface area contributed by atoms with E-state index < -0.39 is 0 Å². The van der Waals surface area contributed by atoms with Gasteiger partial charge in [0.2, 0.25) is 0 Å². The molecule has 0 unspecified atom stereocenters. The summed E-state index contributed by atoms with van der Waals surface area (Å²) < 4.78 is 7.07. The van der Waals surface area contributed by atoms with Crippen LogP contribution < -0.4 is 15.5 Å². The van der Waals surface area contributed by atoms with Crippen molar-refractivity contribution < 1.29 is 4.74 Å². The van der Waals surface area contributed by atoms with Crippen molar-refractivity contribution in [2.75, 3.05) is 44.8 Å². The molecule has 8 heteroatoms. The molecule has 0 spiro atoms. The van der Waals surface area contributed by atoms with Gasteiger partial charge in [-0.15, -0.1) is 10.2 Å². The number of hydrogen-bond acceptors (Lipinski definition) is 5. The van der Waals surface area contributed by atoms with Crippen LogP contribution in [0.5, 0.6) is 0 Å². The van der Waals surface area contributed by atoms with Gasteiger partial charge in [0.05, 0.1) is 6.61 Å². The molecular weight excluding hydrogens is 354 g/mol. The summed E-state index contributed by atoms with van der Waals surface area (Å²) in [6, 6.07) is 10.5. The third-order valence-electron chi connectivity index (χ3n) is 4.56. The third-order valence-corrected chi connectivity index (χ3v) is 4.56. The van der Waals surface area contributed by atoms with Gasteiger partial charge in [-0.25, -0.2) is 4.99 Å². The molecule has 8 nitrogen and oxygen atoms in total. The number of hydrogen-bond donors (Lipinski definition) is 2. The van der Waals surface area contributed by atoms with Gasteiger partial charge in [-0.1, -0.05) is 18.2 Å². The largest absolute Gasteiger partial charge is 0.383 e. The minimum absolute atomic E-state index is 0.477. The molecule has 0 aliphatic heterocycles.